The van der Waals surface area contributed by atoms with E-state index in [1.165, 1.54) is 12.6 Å². The minimum atomic E-state index is -3.13. The van der Waals surface area contributed by atoms with Crippen LogP contribution in [0.1, 0.15) is 20.8 Å². The SMILES string of the molecule is CCOc1cc(NCC(C)(C)S(C)(=O)=O)ncn1. The highest BCUT2D eigenvalue weighted by atomic mass is 32.2. The van der Waals surface area contributed by atoms with Crippen molar-refractivity contribution in [2.24, 2.45) is 0 Å². The van der Waals surface area contributed by atoms with Crippen LogP contribution >= 0.6 is 0 Å². The normalized spacial score (nSPS) is 12.2. The lowest BCUT2D eigenvalue weighted by Gasteiger charge is -2.23. The first-order valence-electron chi connectivity index (χ1n) is 5.64. The third-order valence-corrected chi connectivity index (χ3v) is 4.79. The van der Waals surface area contributed by atoms with Crippen molar-refractivity contribution in [1.29, 1.82) is 0 Å². The molecule has 0 spiro atoms. The van der Waals surface area contributed by atoms with Crippen molar-refractivity contribution >= 4 is 15.7 Å². The lowest BCUT2D eigenvalue weighted by Crippen LogP contribution is -2.38. The van der Waals surface area contributed by atoms with Crippen molar-refractivity contribution in [2.45, 2.75) is 25.5 Å². The van der Waals surface area contributed by atoms with Crippen molar-refractivity contribution in [1.82, 2.24) is 9.97 Å². The Morgan fingerprint density at radius 1 is 1.39 bits per heavy atom. The van der Waals surface area contributed by atoms with E-state index in [2.05, 4.69) is 15.3 Å². The second-order valence-corrected chi connectivity index (χ2v) is 7.21. The third kappa shape index (κ3) is 3.83. The fourth-order valence-electron chi connectivity index (χ4n) is 1.10. The minimum absolute atomic E-state index is 0.272. The number of nitrogens with zero attached hydrogens (tertiary/aromatic N) is 2. The van der Waals surface area contributed by atoms with Gasteiger partial charge in [0.15, 0.2) is 9.84 Å². The molecule has 0 aliphatic heterocycles. The Kier molecular flexibility index (Phi) is 4.50. The summed E-state index contributed by atoms with van der Waals surface area (Å²) in [6.45, 7) is 5.99. The molecule has 0 saturated carbocycles. The largest absolute Gasteiger partial charge is 0.478 e. The average molecular weight is 273 g/mol. The number of hydrogen-bond donors (Lipinski definition) is 1. The van der Waals surface area contributed by atoms with Crippen LogP contribution in [-0.4, -0.2) is 42.5 Å². The molecule has 1 heterocycles. The van der Waals surface area contributed by atoms with E-state index in [9.17, 15) is 8.42 Å². The molecule has 1 rings (SSSR count). The molecule has 0 aromatic carbocycles. The fraction of sp³-hybridized carbons (Fsp3) is 0.636. The van der Waals surface area contributed by atoms with Gasteiger partial charge in [-0.1, -0.05) is 0 Å². The molecular weight excluding hydrogens is 254 g/mol. The van der Waals surface area contributed by atoms with Crippen LogP contribution in [0.5, 0.6) is 5.88 Å². The van der Waals surface area contributed by atoms with Gasteiger partial charge in [0.05, 0.1) is 11.4 Å². The van der Waals surface area contributed by atoms with E-state index < -0.39 is 14.6 Å². The Hall–Kier alpha value is -1.37. The summed E-state index contributed by atoms with van der Waals surface area (Å²) in [6, 6.07) is 1.64. The number of anilines is 1. The van der Waals surface area contributed by atoms with Gasteiger partial charge in [0.2, 0.25) is 5.88 Å². The van der Waals surface area contributed by atoms with E-state index in [0.717, 1.165) is 0 Å². The van der Waals surface area contributed by atoms with Crippen LogP contribution in [0.25, 0.3) is 0 Å². The van der Waals surface area contributed by atoms with Gasteiger partial charge in [0.25, 0.3) is 0 Å². The second-order valence-electron chi connectivity index (χ2n) is 4.56. The first-order valence-corrected chi connectivity index (χ1v) is 7.54. The number of aromatic nitrogens is 2. The van der Waals surface area contributed by atoms with E-state index in [4.69, 9.17) is 4.74 Å². The molecule has 0 atom stereocenters. The maximum atomic E-state index is 11.5. The van der Waals surface area contributed by atoms with Gasteiger partial charge >= 0.3 is 0 Å². The highest BCUT2D eigenvalue weighted by Crippen LogP contribution is 2.17. The van der Waals surface area contributed by atoms with E-state index in [0.29, 0.717) is 18.3 Å². The number of nitrogens with one attached hydrogen (secondary N) is 1. The smallest absolute Gasteiger partial charge is 0.218 e. The molecule has 0 saturated heterocycles. The van der Waals surface area contributed by atoms with Gasteiger partial charge in [-0.05, 0) is 20.8 Å². The van der Waals surface area contributed by atoms with Crippen LogP contribution in [0.4, 0.5) is 5.82 Å². The first-order chi connectivity index (χ1) is 8.26. The van der Waals surface area contributed by atoms with Gasteiger partial charge in [0.1, 0.15) is 12.1 Å². The molecule has 6 nitrogen and oxygen atoms in total. The lowest BCUT2D eigenvalue weighted by atomic mass is 10.2. The summed E-state index contributed by atoms with van der Waals surface area (Å²) in [6.07, 6.45) is 2.60. The predicted octanol–water partition coefficient (Wildman–Crippen LogP) is 1.11. The van der Waals surface area contributed by atoms with Crippen LogP contribution in [0.3, 0.4) is 0 Å². The maximum Gasteiger partial charge on any atom is 0.218 e. The molecular formula is C11H19N3O3S. The molecule has 1 N–H and O–H groups in total. The quantitative estimate of drug-likeness (QED) is 0.836. The van der Waals surface area contributed by atoms with Crippen molar-refractivity contribution in [2.75, 3.05) is 24.7 Å². The summed E-state index contributed by atoms with van der Waals surface area (Å²) in [5, 5.41) is 2.98. The number of rotatable bonds is 6. The molecule has 1 aromatic heterocycles. The molecule has 0 amide bonds. The molecule has 1 aromatic rings. The van der Waals surface area contributed by atoms with Crippen LogP contribution in [0, 0.1) is 0 Å². The topological polar surface area (TPSA) is 81.2 Å². The van der Waals surface area contributed by atoms with Gasteiger partial charge in [-0.15, -0.1) is 0 Å². The number of ether oxygens (including phenoxy) is 1. The molecule has 0 bridgehead atoms. The Morgan fingerprint density at radius 3 is 2.61 bits per heavy atom. The third-order valence-electron chi connectivity index (χ3n) is 2.63. The molecule has 0 unspecified atom stereocenters. The van der Waals surface area contributed by atoms with Crippen molar-refractivity contribution < 1.29 is 13.2 Å². The van der Waals surface area contributed by atoms with Crippen LogP contribution in [0.2, 0.25) is 0 Å². The minimum Gasteiger partial charge on any atom is -0.478 e. The standard InChI is InChI=1S/C11H19N3O3S/c1-5-17-10-6-9(13-8-14-10)12-7-11(2,3)18(4,15)16/h6,8H,5,7H2,1-4H3,(H,12,13,14). The van der Waals surface area contributed by atoms with Crippen LogP contribution in [-0.2, 0) is 9.84 Å². The van der Waals surface area contributed by atoms with E-state index >= 15 is 0 Å². The Labute approximate surface area is 108 Å². The van der Waals surface area contributed by atoms with Crippen molar-refractivity contribution in [3.05, 3.63) is 12.4 Å². The van der Waals surface area contributed by atoms with Gasteiger partial charge in [-0.25, -0.2) is 18.4 Å². The summed E-state index contributed by atoms with van der Waals surface area (Å²) < 4.78 is 27.5. The monoisotopic (exact) mass is 273 g/mol. The number of sulfone groups is 1. The maximum absolute atomic E-state index is 11.5. The van der Waals surface area contributed by atoms with E-state index in [1.54, 1.807) is 19.9 Å². The molecule has 0 aliphatic carbocycles. The van der Waals surface area contributed by atoms with Crippen LogP contribution < -0.4 is 10.1 Å². The van der Waals surface area contributed by atoms with Gasteiger partial charge in [-0.3, -0.25) is 0 Å². The van der Waals surface area contributed by atoms with Gasteiger partial charge in [0, 0.05) is 18.9 Å². The zero-order valence-corrected chi connectivity index (χ0v) is 11.9. The first kappa shape index (κ1) is 14.7. The Morgan fingerprint density at radius 2 is 2.06 bits per heavy atom. The summed E-state index contributed by atoms with van der Waals surface area (Å²) in [5.74, 6) is 1.01. The molecule has 102 valence electrons. The zero-order valence-electron chi connectivity index (χ0n) is 11.1. The summed E-state index contributed by atoms with van der Waals surface area (Å²) in [5.41, 5.74) is 0. The van der Waals surface area contributed by atoms with Crippen molar-refractivity contribution in [3.8, 4) is 5.88 Å². The molecule has 7 heteroatoms. The average Bonchev–Trinajstić information content (AvgIpc) is 2.26. The molecule has 18 heavy (non-hydrogen) atoms. The van der Waals surface area contributed by atoms with Gasteiger partial charge in [-0.2, -0.15) is 0 Å². The Bertz CT molecular complexity index is 500. The molecule has 0 radical (unpaired) electrons. The summed E-state index contributed by atoms with van der Waals surface area (Å²) in [4.78, 5) is 7.94. The fourth-order valence-corrected chi connectivity index (χ4v) is 1.43. The van der Waals surface area contributed by atoms with E-state index in [1.807, 2.05) is 6.92 Å². The highest BCUT2D eigenvalue weighted by molar-refractivity contribution is 7.92. The molecule has 0 fully saturated rings. The van der Waals surface area contributed by atoms with E-state index in [-0.39, 0.29) is 6.54 Å². The lowest BCUT2D eigenvalue weighted by molar-refractivity contribution is 0.326. The summed E-state index contributed by atoms with van der Waals surface area (Å²) in [7, 11) is -3.13. The Balaban J connectivity index is 2.72. The highest BCUT2D eigenvalue weighted by Gasteiger charge is 2.29. The van der Waals surface area contributed by atoms with Crippen LogP contribution in [0.15, 0.2) is 12.4 Å². The predicted molar refractivity (Wildman–Crippen MR) is 70.6 cm³/mol. The van der Waals surface area contributed by atoms with Crippen molar-refractivity contribution in [3.63, 3.8) is 0 Å². The second kappa shape index (κ2) is 5.51. The van der Waals surface area contributed by atoms with Gasteiger partial charge < -0.3 is 10.1 Å². The number of hydrogen-bond acceptors (Lipinski definition) is 6. The summed E-state index contributed by atoms with van der Waals surface area (Å²) >= 11 is 0. The molecule has 0 aliphatic rings. The zero-order chi connectivity index (χ0) is 13.8.